The van der Waals surface area contributed by atoms with Crippen LogP contribution < -0.4 is 4.74 Å². The van der Waals surface area contributed by atoms with Gasteiger partial charge in [0, 0.05) is 17.4 Å². The summed E-state index contributed by atoms with van der Waals surface area (Å²) < 4.78 is 43.5. The van der Waals surface area contributed by atoms with E-state index in [1.54, 1.807) is 36.0 Å². The number of benzene rings is 2. The minimum atomic E-state index is -4.34. The van der Waals surface area contributed by atoms with E-state index in [9.17, 15) is 13.2 Å². The van der Waals surface area contributed by atoms with E-state index in [0.29, 0.717) is 11.7 Å². The molecule has 0 spiro atoms. The number of aromatic nitrogens is 3. The van der Waals surface area contributed by atoms with Gasteiger partial charge in [-0.1, -0.05) is 42.1 Å². The van der Waals surface area contributed by atoms with Crippen LogP contribution in [0.5, 0.6) is 5.75 Å². The fraction of sp³-hybridized carbons (Fsp3) is 0.300. The van der Waals surface area contributed by atoms with Crippen LogP contribution in [0.25, 0.3) is 5.69 Å². The highest BCUT2D eigenvalue weighted by atomic mass is 32.2. The number of halogens is 3. The summed E-state index contributed by atoms with van der Waals surface area (Å²) >= 11 is 1.55. The maximum atomic E-state index is 12.2. The number of hydrogen-bond donors (Lipinski definition) is 0. The third-order valence-corrected chi connectivity index (χ3v) is 5.31. The standard InChI is InChI=1S/C20H18F3N3OS/c21-20(22,23)13-27-17-10-6-14(7-11-17)12-28-19-25-24-18(15-8-9-15)26(19)16-4-2-1-3-5-16/h1-7,10-11,15H,8-9,12-13H2. The molecule has 1 heterocycles. The van der Waals surface area contributed by atoms with Crippen LogP contribution in [0.2, 0.25) is 0 Å². The Labute approximate surface area is 164 Å². The van der Waals surface area contributed by atoms with Crippen molar-refractivity contribution in [2.45, 2.75) is 35.8 Å². The highest BCUT2D eigenvalue weighted by molar-refractivity contribution is 7.98. The average Bonchev–Trinajstić information content (AvgIpc) is 3.45. The van der Waals surface area contributed by atoms with Crippen molar-refractivity contribution in [2.24, 2.45) is 0 Å². The van der Waals surface area contributed by atoms with E-state index in [-0.39, 0.29) is 5.75 Å². The van der Waals surface area contributed by atoms with Crippen LogP contribution in [0.3, 0.4) is 0 Å². The molecule has 1 fully saturated rings. The lowest BCUT2D eigenvalue weighted by Gasteiger charge is -2.11. The minimum absolute atomic E-state index is 0.203. The predicted octanol–water partition coefficient (Wildman–Crippen LogP) is 5.38. The molecular weight excluding hydrogens is 387 g/mol. The van der Waals surface area contributed by atoms with Crippen molar-refractivity contribution in [1.29, 1.82) is 0 Å². The zero-order chi connectivity index (χ0) is 19.6. The van der Waals surface area contributed by atoms with Crippen molar-refractivity contribution in [3.8, 4) is 11.4 Å². The van der Waals surface area contributed by atoms with E-state index >= 15 is 0 Å². The molecule has 0 N–H and O–H groups in total. The van der Waals surface area contributed by atoms with Gasteiger partial charge in [0.25, 0.3) is 0 Å². The summed E-state index contributed by atoms with van der Waals surface area (Å²) in [5.41, 5.74) is 2.01. The van der Waals surface area contributed by atoms with Crippen molar-refractivity contribution >= 4 is 11.8 Å². The normalized spacial score (nSPS) is 14.2. The van der Waals surface area contributed by atoms with Crippen molar-refractivity contribution in [2.75, 3.05) is 6.61 Å². The van der Waals surface area contributed by atoms with Crippen molar-refractivity contribution in [3.63, 3.8) is 0 Å². The fourth-order valence-corrected chi connectivity index (χ4v) is 3.71. The Morgan fingerprint density at radius 1 is 1.00 bits per heavy atom. The molecule has 0 amide bonds. The van der Waals surface area contributed by atoms with Crippen LogP contribution in [0, 0.1) is 0 Å². The second-order valence-electron chi connectivity index (χ2n) is 6.62. The lowest BCUT2D eigenvalue weighted by molar-refractivity contribution is -0.153. The second-order valence-corrected chi connectivity index (χ2v) is 7.56. The smallest absolute Gasteiger partial charge is 0.422 e. The number of ether oxygens (including phenoxy) is 1. The van der Waals surface area contributed by atoms with Gasteiger partial charge in [-0.25, -0.2) is 0 Å². The Hall–Kier alpha value is -2.48. The summed E-state index contributed by atoms with van der Waals surface area (Å²) in [6.07, 6.45) is -2.07. The first-order chi connectivity index (χ1) is 13.5. The largest absolute Gasteiger partial charge is 0.484 e. The molecule has 0 bridgehead atoms. The summed E-state index contributed by atoms with van der Waals surface area (Å²) in [4.78, 5) is 0. The first kappa shape index (κ1) is 18.9. The Balaban J connectivity index is 1.45. The van der Waals surface area contributed by atoms with E-state index in [1.807, 2.05) is 30.3 Å². The van der Waals surface area contributed by atoms with Gasteiger partial charge in [-0.15, -0.1) is 10.2 Å². The van der Waals surface area contributed by atoms with Gasteiger partial charge in [-0.3, -0.25) is 4.57 Å². The number of nitrogens with zero attached hydrogens (tertiary/aromatic N) is 3. The fourth-order valence-electron chi connectivity index (χ4n) is 2.80. The zero-order valence-electron chi connectivity index (χ0n) is 14.9. The summed E-state index contributed by atoms with van der Waals surface area (Å²) in [5.74, 6) is 2.29. The summed E-state index contributed by atoms with van der Waals surface area (Å²) in [6, 6.07) is 16.7. The lowest BCUT2D eigenvalue weighted by atomic mass is 10.2. The molecule has 2 aromatic carbocycles. The monoisotopic (exact) mass is 405 g/mol. The van der Waals surface area contributed by atoms with E-state index in [0.717, 1.165) is 35.1 Å². The minimum Gasteiger partial charge on any atom is -0.484 e. The number of alkyl halides is 3. The Morgan fingerprint density at radius 2 is 1.71 bits per heavy atom. The molecule has 1 aromatic heterocycles. The maximum absolute atomic E-state index is 12.2. The molecule has 1 aliphatic carbocycles. The molecule has 146 valence electrons. The molecule has 0 atom stereocenters. The van der Waals surface area contributed by atoms with Gasteiger partial charge in [0.05, 0.1) is 0 Å². The summed E-state index contributed by atoms with van der Waals surface area (Å²) in [7, 11) is 0. The SMILES string of the molecule is FC(F)(F)COc1ccc(CSc2nnc(C3CC3)n2-c2ccccc2)cc1. The predicted molar refractivity (Wildman–Crippen MR) is 101 cm³/mol. The Bertz CT molecular complexity index is 922. The van der Waals surface area contributed by atoms with Crippen molar-refractivity contribution < 1.29 is 17.9 Å². The molecule has 28 heavy (non-hydrogen) atoms. The van der Waals surface area contributed by atoms with Gasteiger partial charge in [0.2, 0.25) is 0 Å². The number of hydrogen-bond acceptors (Lipinski definition) is 4. The molecule has 3 aromatic rings. The first-order valence-corrected chi connectivity index (χ1v) is 9.90. The van der Waals surface area contributed by atoms with Gasteiger partial charge >= 0.3 is 6.18 Å². The molecule has 0 unspecified atom stereocenters. The van der Waals surface area contributed by atoms with Gasteiger partial charge in [-0.05, 0) is 42.7 Å². The van der Waals surface area contributed by atoms with Crippen LogP contribution in [0.1, 0.15) is 30.1 Å². The Kier molecular flexibility index (Phi) is 5.30. The molecule has 1 saturated carbocycles. The highest BCUT2D eigenvalue weighted by Crippen LogP contribution is 2.41. The van der Waals surface area contributed by atoms with E-state index in [2.05, 4.69) is 14.8 Å². The van der Waals surface area contributed by atoms with Gasteiger partial charge in [-0.2, -0.15) is 13.2 Å². The molecular formula is C20H18F3N3OS. The maximum Gasteiger partial charge on any atom is 0.422 e. The van der Waals surface area contributed by atoms with Crippen LogP contribution in [0.15, 0.2) is 59.8 Å². The van der Waals surface area contributed by atoms with Gasteiger partial charge < -0.3 is 4.74 Å². The molecule has 8 heteroatoms. The van der Waals surface area contributed by atoms with Crippen molar-refractivity contribution in [3.05, 3.63) is 66.0 Å². The molecule has 0 saturated heterocycles. The molecule has 4 rings (SSSR count). The second kappa shape index (κ2) is 7.87. The summed E-state index contributed by atoms with van der Waals surface area (Å²) in [6.45, 7) is -1.29. The molecule has 0 radical (unpaired) electrons. The van der Waals surface area contributed by atoms with Crippen LogP contribution >= 0.6 is 11.8 Å². The molecule has 4 nitrogen and oxygen atoms in total. The number of rotatable bonds is 7. The van der Waals surface area contributed by atoms with Crippen molar-refractivity contribution in [1.82, 2.24) is 14.8 Å². The number of thioether (sulfide) groups is 1. The topological polar surface area (TPSA) is 39.9 Å². The van der Waals surface area contributed by atoms with Crippen LogP contribution in [-0.4, -0.2) is 27.5 Å². The van der Waals surface area contributed by atoms with Crippen LogP contribution in [-0.2, 0) is 5.75 Å². The van der Waals surface area contributed by atoms with Gasteiger partial charge in [0.15, 0.2) is 11.8 Å². The molecule has 1 aliphatic rings. The van der Waals surface area contributed by atoms with Gasteiger partial charge in [0.1, 0.15) is 11.6 Å². The zero-order valence-corrected chi connectivity index (χ0v) is 15.7. The van der Waals surface area contributed by atoms with E-state index in [4.69, 9.17) is 4.74 Å². The third-order valence-electron chi connectivity index (χ3n) is 4.31. The Morgan fingerprint density at radius 3 is 2.36 bits per heavy atom. The summed E-state index contributed by atoms with van der Waals surface area (Å²) in [5, 5.41) is 9.57. The lowest BCUT2D eigenvalue weighted by Crippen LogP contribution is -2.19. The van der Waals surface area contributed by atoms with Crippen LogP contribution in [0.4, 0.5) is 13.2 Å². The third kappa shape index (κ3) is 4.67. The number of para-hydroxylation sites is 1. The molecule has 0 aliphatic heterocycles. The van der Waals surface area contributed by atoms with E-state index < -0.39 is 12.8 Å². The van der Waals surface area contributed by atoms with E-state index in [1.165, 1.54) is 0 Å². The first-order valence-electron chi connectivity index (χ1n) is 8.91. The average molecular weight is 405 g/mol. The highest BCUT2D eigenvalue weighted by Gasteiger charge is 2.31. The quantitative estimate of drug-likeness (QED) is 0.495.